The van der Waals surface area contributed by atoms with Crippen molar-refractivity contribution in [3.8, 4) is 5.75 Å². The van der Waals surface area contributed by atoms with Crippen LogP contribution in [0.25, 0.3) is 0 Å². The maximum atomic E-state index is 9.82. The number of rotatable bonds is 6. The van der Waals surface area contributed by atoms with Crippen molar-refractivity contribution >= 4 is 11.6 Å². The molecule has 2 N–H and O–H groups in total. The molecule has 0 bridgehead atoms. The Balaban J connectivity index is 1.69. The van der Waals surface area contributed by atoms with E-state index in [-0.39, 0.29) is 6.61 Å². The number of hydrogen-bond acceptors (Lipinski definition) is 3. The van der Waals surface area contributed by atoms with Crippen LogP contribution in [-0.4, -0.2) is 30.4 Å². The van der Waals surface area contributed by atoms with Crippen molar-refractivity contribution in [3.63, 3.8) is 0 Å². The van der Waals surface area contributed by atoms with E-state index in [1.54, 1.807) is 12.1 Å². The normalized spacial score (nSPS) is 22.6. The Hall–Kier alpha value is -0.770. The maximum Gasteiger partial charge on any atom is 0.138 e. The van der Waals surface area contributed by atoms with Gasteiger partial charge in [0.25, 0.3) is 0 Å². The molecule has 0 spiro atoms. The van der Waals surface area contributed by atoms with Crippen molar-refractivity contribution in [2.45, 2.75) is 32.4 Å². The Morgan fingerprint density at radius 3 is 2.78 bits per heavy atom. The van der Waals surface area contributed by atoms with Crippen LogP contribution < -0.4 is 10.1 Å². The molecule has 0 amide bonds. The zero-order chi connectivity index (χ0) is 13.2. The molecule has 1 fully saturated rings. The highest BCUT2D eigenvalue weighted by Gasteiger charge is 2.45. The highest BCUT2D eigenvalue weighted by Crippen LogP contribution is 2.44. The van der Waals surface area contributed by atoms with Crippen molar-refractivity contribution in [1.82, 2.24) is 5.32 Å². The molecule has 3 nitrogen and oxygen atoms in total. The van der Waals surface area contributed by atoms with Crippen LogP contribution in [0.5, 0.6) is 5.75 Å². The van der Waals surface area contributed by atoms with Crippen LogP contribution in [0.1, 0.15) is 20.3 Å². The van der Waals surface area contributed by atoms with E-state index < -0.39 is 6.10 Å². The molecule has 2 rings (SSSR count). The Bertz CT molecular complexity index is 409. The van der Waals surface area contributed by atoms with Gasteiger partial charge in [0, 0.05) is 12.6 Å². The molecule has 2 unspecified atom stereocenters. The number of hydrogen-bond donors (Lipinski definition) is 2. The van der Waals surface area contributed by atoms with Crippen LogP contribution in [0, 0.1) is 5.41 Å². The highest BCUT2D eigenvalue weighted by molar-refractivity contribution is 6.32. The summed E-state index contributed by atoms with van der Waals surface area (Å²) in [5.41, 5.74) is 0.378. The minimum Gasteiger partial charge on any atom is -0.489 e. The van der Waals surface area contributed by atoms with E-state index in [2.05, 4.69) is 19.2 Å². The number of halogens is 1. The summed E-state index contributed by atoms with van der Waals surface area (Å²) in [4.78, 5) is 0. The number of aliphatic hydroxyl groups excluding tert-OH is 1. The summed E-state index contributed by atoms with van der Waals surface area (Å²) in [6.07, 6.45) is 0.656. The van der Waals surface area contributed by atoms with Crippen molar-refractivity contribution in [2.24, 2.45) is 5.41 Å². The number of para-hydroxylation sites is 1. The van der Waals surface area contributed by atoms with E-state index in [4.69, 9.17) is 16.3 Å². The zero-order valence-corrected chi connectivity index (χ0v) is 11.6. The number of nitrogens with one attached hydrogen (secondary N) is 1. The van der Waals surface area contributed by atoms with E-state index in [0.717, 1.165) is 0 Å². The average Bonchev–Trinajstić information content (AvgIpc) is 2.93. The molecule has 1 aromatic carbocycles. The Morgan fingerprint density at radius 1 is 1.50 bits per heavy atom. The molecule has 18 heavy (non-hydrogen) atoms. The van der Waals surface area contributed by atoms with Gasteiger partial charge in [0.05, 0.1) is 5.02 Å². The fraction of sp³-hybridized carbons (Fsp3) is 0.571. The molecular weight excluding hydrogens is 250 g/mol. The molecule has 0 aliphatic heterocycles. The molecular formula is C14H20ClNO2. The number of ether oxygens (including phenoxy) is 1. The summed E-state index contributed by atoms with van der Waals surface area (Å²) < 4.78 is 5.48. The third-order valence-electron chi connectivity index (χ3n) is 3.38. The summed E-state index contributed by atoms with van der Waals surface area (Å²) in [6.45, 7) is 5.25. The van der Waals surface area contributed by atoms with Crippen LogP contribution in [0.3, 0.4) is 0 Å². The van der Waals surface area contributed by atoms with Gasteiger partial charge in [0.1, 0.15) is 18.5 Å². The van der Waals surface area contributed by atoms with Crippen LogP contribution in [0.4, 0.5) is 0 Å². The van der Waals surface area contributed by atoms with E-state index in [0.29, 0.717) is 28.8 Å². The second kappa shape index (κ2) is 5.47. The maximum absolute atomic E-state index is 9.82. The van der Waals surface area contributed by atoms with Crippen molar-refractivity contribution in [1.29, 1.82) is 0 Å². The van der Waals surface area contributed by atoms with Gasteiger partial charge in [-0.15, -0.1) is 0 Å². The van der Waals surface area contributed by atoms with Gasteiger partial charge in [-0.1, -0.05) is 37.6 Å². The summed E-state index contributed by atoms with van der Waals surface area (Å²) in [7, 11) is 0. The minimum atomic E-state index is -0.516. The van der Waals surface area contributed by atoms with E-state index >= 15 is 0 Å². The van der Waals surface area contributed by atoms with Gasteiger partial charge in [-0.05, 0) is 24.0 Å². The van der Waals surface area contributed by atoms with Crippen LogP contribution in [0.2, 0.25) is 5.02 Å². The van der Waals surface area contributed by atoms with Gasteiger partial charge in [-0.2, -0.15) is 0 Å². The Morgan fingerprint density at radius 2 is 2.17 bits per heavy atom. The third kappa shape index (κ3) is 3.61. The standard InChI is InChI=1S/C14H20ClNO2/c1-14(2)7-13(14)16-8-10(17)9-18-12-6-4-3-5-11(12)15/h3-6,10,13,16-17H,7-9H2,1-2H3. The molecule has 0 radical (unpaired) electrons. The lowest BCUT2D eigenvalue weighted by molar-refractivity contribution is 0.105. The summed E-state index contributed by atoms with van der Waals surface area (Å²) in [5.74, 6) is 0.616. The first-order valence-electron chi connectivity index (χ1n) is 6.28. The second-order valence-electron chi connectivity index (χ2n) is 5.55. The molecule has 0 aromatic heterocycles. The Kier molecular flexibility index (Phi) is 4.15. The van der Waals surface area contributed by atoms with E-state index in [1.807, 2.05) is 12.1 Å². The largest absolute Gasteiger partial charge is 0.489 e. The lowest BCUT2D eigenvalue weighted by Crippen LogP contribution is -2.34. The molecule has 1 saturated carbocycles. The topological polar surface area (TPSA) is 41.5 Å². The number of aliphatic hydroxyl groups is 1. The molecule has 1 aliphatic carbocycles. The summed E-state index contributed by atoms with van der Waals surface area (Å²) >= 11 is 5.96. The van der Waals surface area contributed by atoms with Gasteiger partial charge in [-0.25, -0.2) is 0 Å². The first kappa shape index (κ1) is 13.7. The van der Waals surface area contributed by atoms with Crippen LogP contribution >= 0.6 is 11.6 Å². The molecule has 4 heteroatoms. The monoisotopic (exact) mass is 269 g/mol. The number of benzene rings is 1. The molecule has 2 atom stereocenters. The minimum absolute atomic E-state index is 0.254. The molecule has 0 saturated heterocycles. The van der Waals surface area contributed by atoms with Crippen molar-refractivity contribution in [3.05, 3.63) is 29.3 Å². The van der Waals surface area contributed by atoms with E-state index in [1.165, 1.54) is 6.42 Å². The predicted molar refractivity (Wildman–Crippen MR) is 73.1 cm³/mol. The highest BCUT2D eigenvalue weighted by atomic mass is 35.5. The summed E-state index contributed by atoms with van der Waals surface area (Å²) in [6, 6.07) is 7.80. The van der Waals surface area contributed by atoms with Gasteiger partial charge in [0.2, 0.25) is 0 Å². The van der Waals surface area contributed by atoms with Gasteiger partial charge < -0.3 is 15.2 Å². The predicted octanol–water partition coefficient (Wildman–Crippen LogP) is 2.47. The SMILES string of the molecule is CC1(C)CC1NCC(O)COc1ccccc1Cl. The van der Waals surface area contributed by atoms with Crippen molar-refractivity contribution < 1.29 is 9.84 Å². The lowest BCUT2D eigenvalue weighted by Gasteiger charge is -2.14. The van der Waals surface area contributed by atoms with Crippen LogP contribution in [-0.2, 0) is 0 Å². The fourth-order valence-corrected chi connectivity index (χ4v) is 2.09. The smallest absolute Gasteiger partial charge is 0.138 e. The summed E-state index contributed by atoms with van der Waals surface area (Å²) in [5, 5.41) is 13.7. The first-order valence-corrected chi connectivity index (χ1v) is 6.65. The molecule has 1 aromatic rings. The molecule has 1 aliphatic rings. The first-order chi connectivity index (χ1) is 8.49. The van der Waals surface area contributed by atoms with E-state index in [9.17, 15) is 5.11 Å². The second-order valence-corrected chi connectivity index (χ2v) is 5.96. The quantitative estimate of drug-likeness (QED) is 0.834. The van der Waals surface area contributed by atoms with Gasteiger partial charge in [0.15, 0.2) is 0 Å². The van der Waals surface area contributed by atoms with Gasteiger partial charge in [-0.3, -0.25) is 0 Å². The van der Waals surface area contributed by atoms with Gasteiger partial charge >= 0.3 is 0 Å². The Labute approximate surface area is 113 Å². The average molecular weight is 270 g/mol. The zero-order valence-electron chi connectivity index (χ0n) is 10.8. The van der Waals surface area contributed by atoms with Crippen molar-refractivity contribution in [2.75, 3.05) is 13.2 Å². The molecule has 0 heterocycles. The lowest BCUT2D eigenvalue weighted by atomic mass is 10.2. The fourth-order valence-electron chi connectivity index (χ4n) is 1.90. The van der Waals surface area contributed by atoms with Crippen LogP contribution in [0.15, 0.2) is 24.3 Å². The third-order valence-corrected chi connectivity index (χ3v) is 3.69. The molecule has 100 valence electrons.